The molecule has 1 saturated carbocycles. The zero-order valence-corrected chi connectivity index (χ0v) is 17.0. The molecule has 2 aliphatic rings. The molecule has 2 aromatic rings. The molecule has 3 N–H and O–H groups in total. The summed E-state index contributed by atoms with van der Waals surface area (Å²) in [6, 6.07) is 13.7. The lowest BCUT2D eigenvalue weighted by molar-refractivity contribution is -0.113. The third kappa shape index (κ3) is 4.93. The van der Waals surface area contributed by atoms with Crippen LogP contribution in [0.25, 0.3) is 0 Å². The molecule has 0 spiro atoms. The van der Waals surface area contributed by atoms with Gasteiger partial charge in [0.15, 0.2) is 0 Å². The fourth-order valence-electron chi connectivity index (χ4n) is 3.92. The minimum atomic E-state index is -0.480. The average molecular weight is 419 g/mol. The number of benzene rings is 2. The van der Waals surface area contributed by atoms with Crippen molar-refractivity contribution in [3.63, 3.8) is 0 Å². The third-order valence-corrected chi connectivity index (χ3v) is 6.17. The van der Waals surface area contributed by atoms with Crippen molar-refractivity contribution in [1.29, 1.82) is 0 Å². The van der Waals surface area contributed by atoms with Gasteiger partial charge in [0.2, 0.25) is 0 Å². The normalized spacial score (nSPS) is 29.3. The van der Waals surface area contributed by atoms with Crippen LogP contribution in [0, 0.1) is 0 Å². The van der Waals surface area contributed by atoms with Crippen LogP contribution in [0.2, 0.25) is 5.02 Å². The van der Waals surface area contributed by atoms with E-state index < -0.39 is 6.10 Å². The first-order valence-corrected chi connectivity index (χ1v) is 10.6. The van der Waals surface area contributed by atoms with Crippen molar-refractivity contribution >= 4 is 11.6 Å². The molecule has 0 amide bonds. The Labute approximate surface area is 175 Å². The Kier molecular flexibility index (Phi) is 6.42. The van der Waals surface area contributed by atoms with E-state index in [1.807, 2.05) is 42.5 Å². The summed E-state index contributed by atoms with van der Waals surface area (Å²) >= 11 is 6.43. The quantitative estimate of drug-likeness (QED) is 0.670. The molecule has 5 atom stereocenters. The van der Waals surface area contributed by atoms with Gasteiger partial charge in [0.1, 0.15) is 11.9 Å². The van der Waals surface area contributed by atoms with Crippen molar-refractivity contribution in [3.05, 3.63) is 64.2 Å². The van der Waals surface area contributed by atoms with Gasteiger partial charge in [0.25, 0.3) is 0 Å². The lowest BCUT2D eigenvalue weighted by Gasteiger charge is -2.32. The van der Waals surface area contributed by atoms with Crippen molar-refractivity contribution in [2.45, 2.75) is 62.6 Å². The monoisotopic (exact) mass is 418 g/mol. The van der Waals surface area contributed by atoms with Gasteiger partial charge in [-0.1, -0.05) is 35.9 Å². The number of halogens is 1. The lowest BCUT2D eigenvalue weighted by atomic mass is 9.92. The average Bonchev–Trinajstić information content (AvgIpc) is 2.73. The van der Waals surface area contributed by atoms with Crippen molar-refractivity contribution < 1.29 is 24.8 Å². The van der Waals surface area contributed by atoms with E-state index in [9.17, 15) is 15.3 Å². The minimum absolute atomic E-state index is 0.0967. The van der Waals surface area contributed by atoms with Crippen molar-refractivity contribution in [3.8, 4) is 5.75 Å². The zero-order valence-electron chi connectivity index (χ0n) is 16.2. The third-order valence-electron chi connectivity index (χ3n) is 5.80. The number of rotatable bonds is 6. The van der Waals surface area contributed by atoms with Crippen LogP contribution in [-0.2, 0) is 11.2 Å². The second kappa shape index (κ2) is 9.02. The number of aliphatic hydroxyl groups excluding tert-OH is 3. The van der Waals surface area contributed by atoms with Gasteiger partial charge >= 0.3 is 0 Å². The second-order valence-corrected chi connectivity index (χ2v) is 8.43. The Morgan fingerprint density at radius 3 is 2.48 bits per heavy atom. The van der Waals surface area contributed by atoms with Gasteiger partial charge in [0, 0.05) is 17.9 Å². The van der Waals surface area contributed by atoms with E-state index in [2.05, 4.69) is 0 Å². The van der Waals surface area contributed by atoms with E-state index in [1.165, 1.54) is 0 Å². The summed E-state index contributed by atoms with van der Waals surface area (Å²) in [5, 5.41) is 29.8. The zero-order chi connectivity index (χ0) is 20.4. The number of hydrogen-bond acceptors (Lipinski definition) is 5. The summed E-state index contributed by atoms with van der Waals surface area (Å²) in [5.41, 5.74) is 3.04. The number of hydrogen-bond donors (Lipinski definition) is 3. The molecule has 1 saturated heterocycles. The predicted molar refractivity (Wildman–Crippen MR) is 110 cm³/mol. The van der Waals surface area contributed by atoms with Gasteiger partial charge in [-0.15, -0.1) is 0 Å². The van der Waals surface area contributed by atoms with Crippen molar-refractivity contribution in [2.24, 2.45) is 0 Å². The fraction of sp³-hybridized carbons (Fsp3) is 0.478. The Morgan fingerprint density at radius 2 is 1.83 bits per heavy atom. The Bertz CT molecular complexity index is 825. The van der Waals surface area contributed by atoms with E-state index >= 15 is 0 Å². The summed E-state index contributed by atoms with van der Waals surface area (Å²) < 4.78 is 11.7. The van der Waals surface area contributed by atoms with Crippen LogP contribution in [0.5, 0.6) is 5.75 Å². The Morgan fingerprint density at radius 1 is 1.03 bits per heavy atom. The highest BCUT2D eigenvalue weighted by Gasteiger charge is 2.31. The molecule has 1 aliphatic carbocycles. The molecule has 0 radical (unpaired) electrons. The Hall–Kier alpha value is -1.63. The SMILES string of the molecule is OC[C@@H]1CC(O)C[C@H](c2ccc(Cl)c(Cc3ccc(OC4CCC4O)cc3)c2)O1. The molecule has 29 heavy (non-hydrogen) atoms. The summed E-state index contributed by atoms with van der Waals surface area (Å²) in [7, 11) is 0. The largest absolute Gasteiger partial charge is 0.488 e. The first-order valence-electron chi connectivity index (χ1n) is 10.2. The molecule has 156 valence electrons. The van der Waals surface area contributed by atoms with E-state index in [1.54, 1.807) is 0 Å². The summed E-state index contributed by atoms with van der Waals surface area (Å²) in [6.07, 6.45) is 1.79. The molecule has 0 aromatic heterocycles. The van der Waals surface area contributed by atoms with E-state index in [0.717, 1.165) is 35.3 Å². The van der Waals surface area contributed by atoms with Gasteiger partial charge < -0.3 is 24.8 Å². The highest BCUT2D eigenvalue weighted by Crippen LogP contribution is 2.34. The number of ether oxygens (including phenoxy) is 2. The van der Waals surface area contributed by atoms with Gasteiger partial charge in [-0.2, -0.15) is 0 Å². The van der Waals surface area contributed by atoms with Crippen molar-refractivity contribution in [1.82, 2.24) is 0 Å². The Balaban J connectivity index is 1.45. The van der Waals surface area contributed by atoms with Crippen LogP contribution in [0.1, 0.15) is 48.5 Å². The smallest absolute Gasteiger partial charge is 0.125 e. The molecule has 2 fully saturated rings. The topological polar surface area (TPSA) is 79.2 Å². The maximum Gasteiger partial charge on any atom is 0.125 e. The number of aliphatic hydroxyl groups is 3. The summed E-state index contributed by atoms with van der Waals surface area (Å²) in [4.78, 5) is 0. The molecule has 3 unspecified atom stereocenters. The highest BCUT2D eigenvalue weighted by molar-refractivity contribution is 6.31. The van der Waals surface area contributed by atoms with E-state index in [0.29, 0.717) is 24.3 Å². The van der Waals surface area contributed by atoms with Gasteiger partial charge in [-0.05, 0) is 54.2 Å². The van der Waals surface area contributed by atoms with Gasteiger partial charge in [0.05, 0.1) is 31.0 Å². The van der Waals surface area contributed by atoms with E-state index in [-0.39, 0.29) is 31.0 Å². The maximum atomic E-state index is 10.1. The maximum absolute atomic E-state index is 10.1. The lowest BCUT2D eigenvalue weighted by Crippen LogP contribution is -2.41. The fourth-order valence-corrected chi connectivity index (χ4v) is 4.11. The summed E-state index contributed by atoms with van der Waals surface area (Å²) in [5.74, 6) is 0.761. The van der Waals surface area contributed by atoms with Crippen LogP contribution >= 0.6 is 11.6 Å². The molecule has 1 heterocycles. The van der Waals surface area contributed by atoms with Crippen LogP contribution < -0.4 is 4.74 Å². The van der Waals surface area contributed by atoms with Crippen LogP contribution in [0.4, 0.5) is 0 Å². The first-order chi connectivity index (χ1) is 14.0. The first kappa shape index (κ1) is 20.6. The molecular formula is C23H27ClO5. The van der Waals surface area contributed by atoms with Crippen LogP contribution in [-0.4, -0.2) is 46.3 Å². The second-order valence-electron chi connectivity index (χ2n) is 8.03. The predicted octanol–water partition coefficient (Wildman–Crippen LogP) is 3.41. The van der Waals surface area contributed by atoms with E-state index in [4.69, 9.17) is 21.1 Å². The van der Waals surface area contributed by atoms with Crippen LogP contribution in [0.3, 0.4) is 0 Å². The standard InChI is InChI=1S/C23H27ClO5/c24-20-6-3-15(23-12-17(26)11-19(13-25)29-23)10-16(20)9-14-1-4-18(5-2-14)28-22-8-7-21(22)27/h1-6,10,17,19,21-23,25-27H,7-9,11-13H2/t17?,19-,21?,22?,23+/m0/s1. The molecule has 6 heteroatoms. The van der Waals surface area contributed by atoms with Crippen molar-refractivity contribution in [2.75, 3.05) is 6.61 Å². The van der Waals surface area contributed by atoms with Crippen LogP contribution in [0.15, 0.2) is 42.5 Å². The molecule has 2 aromatic carbocycles. The molecule has 5 nitrogen and oxygen atoms in total. The minimum Gasteiger partial charge on any atom is -0.488 e. The summed E-state index contributed by atoms with van der Waals surface area (Å²) in [6.45, 7) is -0.0969. The molecule has 4 rings (SSSR count). The highest BCUT2D eigenvalue weighted by atomic mass is 35.5. The van der Waals surface area contributed by atoms with Gasteiger partial charge in [-0.25, -0.2) is 0 Å². The van der Waals surface area contributed by atoms with Gasteiger partial charge in [-0.3, -0.25) is 0 Å². The molecule has 1 aliphatic heterocycles. The molecule has 0 bridgehead atoms. The molecular weight excluding hydrogens is 392 g/mol.